The molecule has 10 heteroatoms. The number of benzene rings is 1. The van der Waals surface area contributed by atoms with Crippen LogP contribution in [0, 0.1) is 12.7 Å². The van der Waals surface area contributed by atoms with E-state index in [1.807, 2.05) is 29.1 Å². The molecule has 1 aliphatic heterocycles. The van der Waals surface area contributed by atoms with Crippen molar-refractivity contribution in [2.45, 2.75) is 13.0 Å². The maximum atomic E-state index is 13.4. The number of rotatable bonds is 5. The van der Waals surface area contributed by atoms with Gasteiger partial charge in [0.2, 0.25) is 0 Å². The summed E-state index contributed by atoms with van der Waals surface area (Å²) >= 11 is 4.59. The lowest BCUT2D eigenvalue weighted by Crippen LogP contribution is -2.44. The Morgan fingerprint density at radius 2 is 2.03 bits per heavy atom. The van der Waals surface area contributed by atoms with Crippen LogP contribution < -0.4 is 5.32 Å². The Balaban J connectivity index is 1.32. The monoisotopic (exact) mass is 486 g/mol. The van der Waals surface area contributed by atoms with Crippen LogP contribution in [0.2, 0.25) is 0 Å². The molecule has 32 heavy (non-hydrogen) atoms. The van der Waals surface area contributed by atoms with Crippen molar-refractivity contribution in [1.82, 2.24) is 19.6 Å². The van der Waals surface area contributed by atoms with Gasteiger partial charge < -0.3 is 14.6 Å². The Morgan fingerprint density at radius 3 is 2.84 bits per heavy atom. The molecule has 164 valence electrons. The van der Waals surface area contributed by atoms with E-state index in [9.17, 15) is 14.0 Å². The van der Waals surface area contributed by atoms with Gasteiger partial charge >= 0.3 is 0 Å². The van der Waals surface area contributed by atoms with Crippen LogP contribution in [0.4, 0.5) is 4.39 Å². The fraction of sp³-hybridized carbons (Fsp3) is 0.227. The summed E-state index contributed by atoms with van der Waals surface area (Å²) in [5.41, 5.74) is 1.79. The second-order valence-electron chi connectivity index (χ2n) is 7.40. The Labute approximate surface area is 196 Å². The van der Waals surface area contributed by atoms with Gasteiger partial charge in [-0.15, -0.1) is 34.4 Å². The molecule has 2 amide bonds. The van der Waals surface area contributed by atoms with Gasteiger partial charge in [0.15, 0.2) is 0 Å². The van der Waals surface area contributed by atoms with Crippen LogP contribution in [-0.2, 0) is 0 Å². The first-order valence-corrected chi connectivity index (χ1v) is 12.8. The number of thiazole rings is 2. The van der Waals surface area contributed by atoms with Crippen molar-refractivity contribution < 1.29 is 14.0 Å². The minimum atomic E-state index is -0.322. The minimum Gasteiger partial charge on any atom is -0.350 e. The number of aryl methyl sites for hydroxylation is 1. The van der Waals surface area contributed by atoms with Gasteiger partial charge in [-0.05, 0) is 30.7 Å². The predicted octanol–water partition coefficient (Wildman–Crippen LogP) is 4.52. The van der Waals surface area contributed by atoms with Crippen molar-refractivity contribution in [3.8, 4) is 10.4 Å². The van der Waals surface area contributed by atoms with E-state index in [2.05, 4.69) is 10.3 Å². The predicted molar refractivity (Wildman–Crippen MR) is 127 cm³/mol. The van der Waals surface area contributed by atoms with Crippen molar-refractivity contribution in [2.75, 3.05) is 18.2 Å². The quantitative estimate of drug-likeness (QED) is 0.451. The van der Waals surface area contributed by atoms with Gasteiger partial charge in [-0.1, -0.05) is 12.1 Å². The van der Waals surface area contributed by atoms with E-state index in [0.717, 1.165) is 26.0 Å². The number of aromatic nitrogens is 2. The summed E-state index contributed by atoms with van der Waals surface area (Å²) < 4.78 is 15.3. The molecule has 1 fully saturated rings. The molecule has 1 atom stereocenters. The van der Waals surface area contributed by atoms with Crippen LogP contribution in [0.3, 0.4) is 0 Å². The molecule has 3 aromatic heterocycles. The molecule has 4 heterocycles. The second-order valence-corrected chi connectivity index (χ2v) is 10.5. The Kier molecular flexibility index (Phi) is 5.75. The Bertz CT molecular complexity index is 1290. The zero-order chi connectivity index (χ0) is 22.2. The normalized spacial score (nSPS) is 16.1. The average Bonchev–Trinajstić information content (AvgIpc) is 3.55. The van der Waals surface area contributed by atoms with Crippen LogP contribution in [0.25, 0.3) is 15.3 Å². The minimum absolute atomic E-state index is 0.124. The first-order chi connectivity index (χ1) is 15.5. The second kappa shape index (κ2) is 8.68. The van der Waals surface area contributed by atoms with Gasteiger partial charge in [0.25, 0.3) is 11.8 Å². The van der Waals surface area contributed by atoms with E-state index in [4.69, 9.17) is 0 Å². The van der Waals surface area contributed by atoms with Gasteiger partial charge in [0, 0.05) is 30.1 Å². The molecule has 1 aliphatic rings. The molecular formula is C22H19FN4O2S3. The largest absolute Gasteiger partial charge is 0.350 e. The molecule has 4 aromatic rings. The number of halogens is 1. The lowest BCUT2D eigenvalue weighted by molar-refractivity contribution is 0.0732. The third-order valence-electron chi connectivity index (χ3n) is 5.30. The number of nitrogens with zero attached hydrogens (tertiary/aromatic N) is 3. The van der Waals surface area contributed by atoms with E-state index in [1.165, 1.54) is 34.8 Å². The highest BCUT2D eigenvalue weighted by molar-refractivity contribution is 7.99. The van der Waals surface area contributed by atoms with Crippen LogP contribution in [0.15, 0.2) is 48.1 Å². The lowest BCUT2D eigenvalue weighted by Gasteiger charge is -2.23. The Hall–Kier alpha value is -2.69. The maximum absolute atomic E-state index is 13.4. The summed E-state index contributed by atoms with van der Waals surface area (Å²) in [5, 5.41) is 5.71. The summed E-state index contributed by atoms with van der Waals surface area (Å²) in [6, 6.07) is 7.78. The van der Waals surface area contributed by atoms with E-state index in [-0.39, 0.29) is 23.7 Å². The third-order valence-corrected chi connectivity index (χ3v) is 8.31. The Morgan fingerprint density at radius 1 is 1.22 bits per heavy atom. The molecule has 0 aliphatic carbocycles. The van der Waals surface area contributed by atoms with Crippen molar-refractivity contribution >= 4 is 51.1 Å². The zero-order valence-electron chi connectivity index (χ0n) is 17.1. The molecule has 1 aromatic carbocycles. The molecule has 0 unspecified atom stereocenters. The van der Waals surface area contributed by atoms with Gasteiger partial charge in [-0.2, -0.15) is 0 Å². The first-order valence-electron chi connectivity index (χ1n) is 9.95. The van der Waals surface area contributed by atoms with Gasteiger partial charge in [0.1, 0.15) is 16.3 Å². The standard InChI is InChI=1S/C22H19FN4O2S3/c1-13-25-18(19(32-13)14-2-4-15(23)5-3-14)21(29)27-12-30-11-16(27)10-24-20(28)17-6-7-26-8-9-31-22(17)26/h2-9,16H,10-12H2,1H3,(H,24,28)/t16-/m1/s1. The summed E-state index contributed by atoms with van der Waals surface area (Å²) in [6.45, 7) is 2.23. The van der Waals surface area contributed by atoms with Gasteiger partial charge in [0.05, 0.1) is 27.4 Å². The fourth-order valence-corrected chi connectivity index (χ4v) is 6.66. The molecule has 1 N–H and O–H groups in total. The fourth-order valence-electron chi connectivity index (χ4n) is 3.69. The highest BCUT2D eigenvalue weighted by Gasteiger charge is 2.33. The molecule has 0 saturated carbocycles. The van der Waals surface area contributed by atoms with Crippen LogP contribution in [-0.4, -0.2) is 50.3 Å². The van der Waals surface area contributed by atoms with E-state index >= 15 is 0 Å². The number of nitrogens with one attached hydrogen (secondary N) is 1. The highest BCUT2D eigenvalue weighted by Crippen LogP contribution is 2.33. The van der Waals surface area contributed by atoms with Crippen molar-refractivity contribution in [1.29, 1.82) is 0 Å². The number of amides is 2. The zero-order valence-corrected chi connectivity index (χ0v) is 19.5. The third kappa shape index (κ3) is 3.94. The lowest BCUT2D eigenvalue weighted by atomic mass is 10.1. The number of carbonyl (C=O) groups excluding carboxylic acids is 2. The molecule has 0 spiro atoms. The number of hydrogen-bond acceptors (Lipinski definition) is 6. The van der Waals surface area contributed by atoms with E-state index in [0.29, 0.717) is 23.7 Å². The number of fused-ring (bicyclic) bond motifs is 1. The van der Waals surface area contributed by atoms with E-state index < -0.39 is 0 Å². The van der Waals surface area contributed by atoms with Crippen LogP contribution in [0.1, 0.15) is 25.9 Å². The topological polar surface area (TPSA) is 66.7 Å². The molecule has 6 nitrogen and oxygen atoms in total. The molecule has 1 saturated heterocycles. The smallest absolute Gasteiger partial charge is 0.275 e. The summed E-state index contributed by atoms with van der Waals surface area (Å²) in [4.78, 5) is 34.0. The van der Waals surface area contributed by atoms with E-state index in [1.54, 1.807) is 34.9 Å². The average molecular weight is 487 g/mol. The molecule has 0 bridgehead atoms. The van der Waals surface area contributed by atoms with Crippen molar-refractivity contribution in [2.24, 2.45) is 0 Å². The van der Waals surface area contributed by atoms with Crippen LogP contribution >= 0.6 is 34.4 Å². The number of hydrogen-bond donors (Lipinski definition) is 1. The molecule has 5 rings (SSSR count). The first kappa shape index (κ1) is 21.2. The maximum Gasteiger partial charge on any atom is 0.275 e. The van der Waals surface area contributed by atoms with Crippen molar-refractivity contribution in [3.63, 3.8) is 0 Å². The summed E-state index contributed by atoms with van der Waals surface area (Å²) in [5.74, 6) is 0.654. The van der Waals surface area contributed by atoms with Crippen molar-refractivity contribution in [3.05, 3.63) is 70.2 Å². The van der Waals surface area contributed by atoms with Crippen LogP contribution in [0.5, 0.6) is 0 Å². The van der Waals surface area contributed by atoms with Gasteiger partial charge in [-0.25, -0.2) is 9.37 Å². The highest BCUT2D eigenvalue weighted by atomic mass is 32.2. The number of carbonyl (C=O) groups is 2. The molecular weight excluding hydrogens is 467 g/mol. The summed E-state index contributed by atoms with van der Waals surface area (Å²) in [7, 11) is 0. The SMILES string of the molecule is Cc1nc(C(=O)N2CSC[C@H]2CNC(=O)c2ccn3ccsc23)c(-c2ccc(F)cc2)s1. The molecule has 0 radical (unpaired) electrons. The number of thioether (sulfide) groups is 1. The van der Waals surface area contributed by atoms with Gasteiger partial charge in [-0.3, -0.25) is 9.59 Å². The summed E-state index contributed by atoms with van der Waals surface area (Å²) in [6.07, 6.45) is 3.78.